The second-order valence-corrected chi connectivity index (χ2v) is 7.30. The summed E-state index contributed by atoms with van der Waals surface area (Å²) in [5.74, 6) is 2.68. The SMILES string of the molecule is CNC1(CC(=O)NCCN2CCSCC2)CCCCC1. The predicted octanol–water partition coefficient (Wildman–Crippen LogP) is 1.46. The minimum Gasteiger partial charge on any atom is -0.355 e. The summed E-state index contributed by atoms with van der Waals surface area (Å²) in [7, 11) is 2.00. The summed E-state index contributed by atoms with van der Waals surface area (Å²) < 4.78 is 0. The Balaban J connectivity index is 1.66. The van der Waals surface area contributed by atoms with Gasteiger partial charge in [0.1, 0.15) is 0 Å². The van der Waals surface area contributed by atoms with Crippen molar-refractivity contribution in [2.75, 3.05) is 44.7 Å². The van der Waals surface area contributed by atoms with E-state index in [0.29, 0.717) is 6.42 Å². The van der Waals surface area contributed by atoms with Crippen LogP contribution in [-0.4, -0.2) is 61.1 Å². The Morgan fingerprint density at radius 3 is 2.55 bits per heavy atom. The van der Waals surface area contributed by atoms with E-state index in [9.17, 15) is 4.79 Å². The topological polar surface area (TPSA) is 44.4 Å². The summed E-state index contributed by atoms with van der Waals surface area (Å²) in [5.41, 5.74) is 0.0596. The lowest BCUT2D eigenvalue weighted by atomic mass is 9.79. The quantitative estimate of drug-likeness (QED) is 0.779. The monoisotopic (exact) mass is 299 g/mol. The number of carbonyl (C=O) groups excluding carboxylic acids is 1. The van der Waals surface area contributed by atoms with Gasteiger partial charge >= 0.3 is 0 Å². The van der Waals surface area contributed by atoms with E-state index >= 15 is 0 Å². The molecule has 116 valence electrons. The molecule has 1 aliphatic carbocycles. The number of thioether (sulfide) groups is 1. The minimum atomic E-state index is 0.0596. The molecule has 2 aliphatic rings. The number of nitrogens with one attached hydrogen (secondary N) is 2. The second kappa shape index (κ2) is 8.25. The van der Waals surface area contributed by atoms with Gasteiger partial charge in [-0.2, -0.15) is 11.8 Å². The van der Waals surface area contributed by atoms with Crippen molar-refractivity contribution in [3.05, 3.63) is 0 Å². The van der Waals surface area contributed by atoms with Gasteiger partial charge in [0, 0.05) is 49.6 Å². The molecule has 2 N–H and O–H groups in total. The molecule has 1 heterocycles. The number of hydrogen-bond donors (Lipinski definition) is 2. The van der Waals surface area contributed by atoms with Gasteiger partial charge in [0.15, 0.2) is 0 Å². The largest absolute Gasteiger partial charge is 0.355 e. The van der Waals surface area contributed by atoms with E-state index < -0.39 is 0 Å². The van der Waals surface area contributed by atoms with Gasteiger partial charge in [0.25, 0.3) is 0 Å². The van der Waals surface area contributed by atoms with Gasteiger partial charge in [-0.25, -0.2) is 0 Å². The van der Waals surface area contributed by atoms with Gasteiger partial charge in [-0.15, -0.1) is 0 Å². The molecule has 4 nitrogen and oxygen atoms in total. The molecule has 0 spiro atoms. The third kappa shape index (κ3) is 4.93. The molecule has 1 amide bonds. The summed E-state index contributed by atoms with van der Waals surface area (Å²) >= 11 is 2.03. The Labute approximate surface area is 127 Å². The van der Waals surface area contributed by atoms with Gasteiger partial charge in [0.2, 0.25) is 5.91 Å². The first kappa shape index (κ1) is 16.1. The van der Waals surface area contributed by atoms with Crippen LogP contribution in [0.4, 0.5) is 0 Å². The summed E-state index contributed by atoms with van der Waals surface area (Å²) in [6.45, 7) is 4.13. The second-order valence-electron chi connectivity index (χ2n) is 6.07. The van der Waals surface area contributed by atoms with Crippen LogP contribution < -0.4 is 10.6 Å². The van der Waals surface area contributed by atoms with Crippen LogP contribution in [0.25, 0.3) is 0 Å². The molecule has 0 unspecified atom stereocenters. The Morgan fingerprint density at radius 2 is 1.90 bits per heavy atom. The van der Waals surface area contributed by atoms with Gasteiger partial charge < -0.3 is 10.6 Å². The Kier molecular flexibility index (Phi) is 6.65. The smallest absolute Gasteiger partial charge is 0.221 e. The van der Waals surface area contributed by atoms with E-state index in [0.717, 1.165) is 25.9 Å². The molecule has 2 rings (SSSR count). The molecule has 1 saturated heterocycles. The Morgan fingerprint density at radius 1 is 1.20 bits per heavy atom. The van der Waals surface area contributed by atoms with Gasteiger partial charge in [0.05, 0.1) is 0 Å². The van der Waals surface area contributed by atoms with E-state index in [2.05, 4.69) is 15.5 Å². The molecule has 0 aromatic heterocycles. The average molecular weight is 299 g/mol. The van der Waals surface area contributed by atoms with Crippen molar-refractivity contribution in [1.29, 1.82) is 0 Å². The molecule has 2 fully saturated rings. The van der Waals surface area contributed by atoms with Gasteiger partial charge in [-0.3, -0.25) is 9.69 Å². The third-order valence-electron chi connectivity index (χ3n) is 4.69. The molecule has 1 saturated carbocycles. The number of rotatable bonds is 6. The van der Waals surface area contributed by atoms with E-state index in [4.69, 9.17) is 0 Å². The van der Waals surface area contributed by atoms with Crippen LogP contribution in [0.1, 0.15) is 38.5 Å². The maximum absolute atomic E-state index is 12.1. The highest BCUT2D eigenvalue weighted by Gasteiger charge is 2.32. The fourth-order valence-corrected chi connectivity index (χ4v) is 4.27. The van der Waals surface area contributed by atoms with Crippen LogP contribution in [0.5, 0.6) is 0 Å². The van der Waals surface area contributed by atoms with Crippen molar-refractivity contribution < 1.29 is 4.79 Å². The van der Waals surface area contributed by atoms with Crippen LogP contribution in [0.15, 0.2) is 0 Å². The van der Waals surface area contributed by atoms with Crippen LogP contribution in [0, 0.1) is 0 Å². The summed E-state index contributed by atoms with van der Waals surface area (Å²) in [6.07, 6.45) is 6.73. The van der Waals surface area contributed by atoms with E-state index in [1.54, 1.807) is 0 Å². The normalized spacial score (nSPS) is 23.4. The summed E-state index contributed by atoms with van der Waals surface area (Å²) in [5, 5.41) is 6.52. The van der Waals surface area contributed by atoms with E-state index in [1.165, 1.54) is 43.9 Å². The highest BCUT2D eigenvalue weighted by atomic mass is 32.2. The highest BCUT2D eigenvalue weighted by Crippen LogP contribution is 2.30. The van der Waals surface area contributed by atoms with Crippen LogP contribution in [0.3, 0.4) is 0 Å². The molecular weight excluding hydrogens is 270 g/mol. The van der Waals surface area contributed by atoms with E-state index in [-0.39, 0.29) is 11.4 Å². The maximum atomic E-state index is 12.1. The molecule has 0 aromatic rings. The van der Waals surface area contributed by atoms with E-state index in [1.807, 2.05) is 18.8 Å². The summed E-state index contributed by atoms with van der Waals surface area (Å²) in [4.78, 5) is 14.6. The molecule has 20 heavy (non-hydrogen) atoms. The van der Waals surface area contributed by atoms with Crippen molar-refractivity contribution in [2.24, 2.45) is 0 Å². The molecule has 0 aromatic carbocycles. The number of carbonyl (C=O) groups is 1. The fourth-order valence-electron chi connectivity index (χ4n) is 3.29. The average Bonchev–Trinajstić information content (AvgIpc) is 2.49. The molecule has 1 aliphatic heterocycles. The first-order valence-electron chi connectivity index (χ1n) is 8.00. The van der Waals surface area contributed by atoms with Crippen molar-refractivity contribution in [3.8, 4) is 0 Å². The molecule has 0 bridgehead atoms. The number of hydrogen-bond acceptors (Lipinski definition) is 4. The zero-order valence-electron chi connectivity index (χ0n) is 12.7. The molecule has 5 heteroatoms. The lowest BCUT2D eigenvalue weighted by Crippen LogP contribution is -2.49. The van der Waals surface area contributed by atoms with Crippen molar-refractivity contribution in [1.82, 2.24) is 15.5 Å². The summed E-state index contributed by atoms with van der Waals surface area (Å²) in [6, 6.07) is 0. The van der Waals surface area contributed by atoms with Crippen molar-refractivity contribution >= 4 is 17.7 Å². The predicted molar refractivity (Wildman–Crippen MR) is 86.3 cm³/mol. The lowest BCUT2D eigenvalue weighted by molar-refractivity contribution is -0.122. The number of amides is 1. The third-order valence-corrected chi connectivity index (χ3v) is 5.64. The first-order chi connectivity index (χ1) is 9.74. The van der Waals surface area contributed by atoms with Gasteiger partial charge in [-0.1, -0.05) is 19.3 Å². The zero-order valence-corrected chi connectivity index (χ0v) is 13.6. The molecule has 0 atom stereocenters. The Hall–Kier alpha value is -0.260. The van der Waals surface area contributed by atoms with Crippen LogP contribution in [0.2, 0.25) is 0 Å². The zero-order chi connectivity index (χ0) is 14.3. The fraction of sp³-hybridized carbons (Fsp3) is 0.933. The van der Waals surface area contributed by atoms with Crippen LogP contribution >= 0.6 is 11.8 Å². The highest BCUT2D eigenvalue weighted by molar-refractivity contribution is 7.99. The molecule has 0 radical (unpaired) electrons. The molecular formula is C15H29N3OS. The minimum absolute atomic E-state index is 0.0596. The maximum Gasteiger partial charge on any atom is 0.221 e. The number of nitrogens with zero attached hydrogens (tertiary/aromatic N) is 1. The van der Waals surface area contributed by atoms with Crippen molar-refractivity contribution in [3.63, 3.8) is 0 Å². The lowest BCUT2D eigenvalue weighted by Gasteiger charge is -2.36. The standard InChI is InChI=1S/C15H29N3OS/c1-16-15(5-3-2-4-6-15)13-14(19)17-7-8-18-9-11-20-12-10-18/h16H,2-13H2,1H3,(H,17,19). The van der Waals surface area contributed by atoms with Gasteiger partial charge in [-0.05, 0) is 19.9 Å². The van der Waals surface area contributed by atoms with Crippen molar-refractivity contribution in [2.45, 2.75) is 44.1 Å². The Bertz CT molecular complexity index is 299. The first-order valence-corrected chi connectivity index (χ1v) is 9.15. The van der Waals surface area contributed by atoms with Crippen LogP contribution in [-0.2, 0) is 4.79 Å².